The number of likely N-dealkylation sites (tertiary alicyclic amines) is 1. The highest BCUT2D eigenvalue weighted by Crippen LogP contribution is 2.47. The van der Waals surface area contributed by atoms with Crippen molar-refractivity contribution in [2.45, 2.75) is 50.6 Å². The number of piperazine rings is 1. The summed E-state index contributed by atoms with van der Waals surface area (Å²) in [6.07, 6.45) is 4.13. The summed E-state index contributed by atoms with van der Waals surface area (Å²) in [7, 11) is 0. The molecule has 4 heterocycles. The Kier molecular flexibility index (Phi) is 6.83. The molecule has 1 N–H and O–H groups in total. The molecule has 1 aromatic rings. The van der Waals surface area contributed by atoms with Gasteiger partial charge in [0.25, 0.3) is 5.92 Å². The molecule has 1 amide bonds. The maximum atomic E-state index is 13.6. The van der Waals surface area contributed by atoms with Gasteiger partial charge in [0, 0.05) is 56.7 Å². The molecular formula is C25H33F2N7O2. The van der Waals surface area contributed by atoms with Gasteiger partial charge < -0.3 is 19.9 Å². The van der Waals surface area contributed by atoms with Gasteiger partial charge in [-0.2, -0.15) is 15.2 Å². The van der Waals surface area contributed by atoms with E-state index < -0.39 is 5.92 Å². The van der Waals surface area contributed by atoms with Gasteiger partial charge in [-0.25, -0.2) is 8.78 Å². The number of hydrogen-bond donors (Lipinski definition) is 1. The van der Waals surface area contributed by atoms with E-state index >= 15 is 0 Å². The number of nitrogens with one attached hydrogen (secondary N) is 1. The monoisotopic (exact) mass is 501 g/mol. The van der Waals surface area contributed by atoms with Crippen molar-refractivity contribution in [1.29, 1.82) is 5.26 Å². The number of ether oxygens (including phenoxy) is 1. The SMILES string of the molecule is C=CC(=O)N1CCN(c2nc(OCC3(CN4CCC(F)(F)C4)CC3)nc3c2CCNC3)C[C@@H]1CC#N. The lowest BCUT2D eigenvalue weighted by Crippen LogP contribution is -2.55. The molecule has 0 aromatic carbocycles. The van der Waals surface area contributed by atoms with E-state index in [1.54, 1.807) is 4.90 Å². The van der Waals surface area contributed by atoms with E-state index in [1.807, 2.05) is 4.90 Å². The van der Waals surface area contributed by atoms with Crippen molar-refractivity contribution in [2.24, 2.45) is 5.41 Å². The second kappa shape index (κ2) is 9.90. The van der Waals surface area contributed by atoms with Crippen LogP contribution in [0.2, 0.25) is 0 Å². The predicted molar refractivity (Wildman–Crippen MR) is 129 cm³/mol. The van der Waals surface area contributed by atoms with Gasteiger partial charge in [-0.05, 0) is 31.9 Å². The molecule has 1 atom stereocenters. The third-order valence-electron chi connectivity index (χ3n) is 7.73. The third kappa shape index (κ3) is 5.30. The molecule has 2 saturated heterocycles. The van der Waals surface area contributed by atoms with Gasteiger partial charge in [0.1, 0.15) is 5.82 Å². The van der Waals surface area contributed by atoms with Gasteiger partial charge in [0.15, 0.2) is 0 Å². The molecule has 194 valence electrons. The standard InChI is InChI=1S/C25H33F2N7O2/c1-2-21(35)34-12-11-33(14-18(34)3-8-28)22-19-4-9-29-13-20(19)30-23(31-22)36-17-24(5-6-24)15-32-10-7-25(26,27)16-32/h2,18,29H,1,3-7,9-17H2/t18-/m0/s1. The first kappa shape index (κ1) is 24.8. The number of halogens is 2. The fourth-order valence-corrected chi connectivity index (χ4v) is 5.54. The van der Waals surface area contributed by atoms with Crippen LogP contribution in [-0.2, 0) is 17.8 Å². The van der Waals surface area contributed by atoms with Crippen molar-refractivity contribution in [3.8, 4) is 12.1 Å². The van der Waals surface area contributed by atoms with Crippen LogP contribution in [0, 0.1) is 16.7 Å². The Labute approximate surface area is 210 Å². The average molecular weight is 502 g/mol. The van der Waals surface area contributed by atoms with E-state index in [-0.39, 0.29) is 36.8 Å². The highest BCUT2D eigenvalue weighted by atomic mass is 19.3. The quantitative estimate of drug-likeness (QED) is 0.538. The van der Waals surface area contributed by atoms with Crippen molar-refractivity contribution < 1.29 is 18.3 Å². The fourth-order valence-electron chi connectivity index (χ4n) is 5.54. The van der Waals surface area contributed by atoms with E-state index in [2.05, 4.69) is 27.8 Å². The number of anilines is 1. The molecular weight excluding hydrogens is 468 g/mol. The predicted octanol–water partition coefficient (Wildman–Crippen LogP) is 1.74. The van der Waals surface area contributed by atoms with Crippen molar-refractivity contribution in [3.63, 3.8) is 0 Å². The van der Waals surface area contributed by atoms with Crippen LogP contribution < -0.4 is 15.0 Å². The van der Waals surface area contributed by atoms with Gasteiger partial charge in [0.05, 0.1) is 37.4 Å². The summed E-state index contributed by atoms with van der Waals surface area (Å²) < 4.78 is 33.4. The number of carbonyl (C=O) groups is 1. The van der Waals surface area contributed by atoms with Crippen LogP contribution in [-0.4, -0.2) is 90.1 Å². The molecule has 3 aliphatic heterocycles. The molecule has 1 aliphatic carbocycles. The first-order valence-electron chi connectivity index (χ1n) is 12.7. The van der Waals surface area contributed by atoms with E-state index in [1.165, 1.54) is 6.08 Å². The molecule has 4 aliphatic rings. The molecule has 3 fully saturated rings. The lowest BCUT2D eigenvalue weighted by molar-refractivity contribution is -0.128. The normalized spacial score (nSPS) is 24.6. The zero-order valence-corrected chi connectivity index (χ0v) is 20.5. The number of hydrogen-bond acceptors (Lipinski definition) is 8. The van der Waals surface area contributed by atoms with E-state index in [9.17, 15) is 18.8 Å². The molecule has 1 saturated carbocycles. The van der Waals surface area contributed by atoms with Gasteiger partial charge in [-0.3, -0.25) is 9.69 Å². The number of carbonyl (C=O) groups excluding carboxylic acids is 1. The molecule has 0 unspecified atom stereocenters. The topological polar surface area (TPSA) is 97.6 Å². The first-order chi connectivity index (χ1) is 17.3. The van der Waals surface area contributed by atoms with Crippen LogP contribution in [0.25, 0.3) is 0 Å². The minimum absolute atomic E-state index is 0.0767. The molecule has 9 nitrogen and oxygen atoms in total. The first-order valence-corrected chi connectivity index (χ1v) is 12.7. The van der Waals surface area contributed by atoms with Crippen molar-refractivity contribution >= 4 is 11.7 Å². The Balaban J connectivity index is 1.31. The fraction of sp³-hybridized carbons (Fsp3) is 0.680. The number of rotatable bonds is 8. The minimum Gasteiger partial charge on any atom is -0.463 e. The Morgan fingerprint density at radius 2 is 2.11 bits per heavy atom. The summed E-state index contributed by atoms with van der Waals surface area (Å²) >= 11 is 0. The van der Waals surface area contributed by atoms with Crippen LogP contribution in [0.15, 0.2) is 12.7 Å². The second-order valence-electron chi connectivity index (χ2n) is 10.5. The average Bonchev–Trinajstić information content (AvgIpc) is 3.55. The largest absolute Gasteiger partial charge is 0.463 e. The molecule has 1 aromatic heterocycles. The number of nitriles is 1. The number of alkyl halides is 2. The summed E-state index contributed by atoms with van der Waals surface area (Å²) in [4.78, 5) is 27.5. The Hall–Kier alpha value is -2.84. The van der Waals surface area contributed by atoms with Gasteiger partial charge in [0.2, 0.25) is 5.91 Å². The second-order valence-corrected chi connectivity index (χ2v) is 10.5. The molecule has 11 heteroatoms. The number of amides is 1. The maximum Gasteiger partial charge on any atom is 0.318 e. The van der Waals surface area contributed by atoms with Crippen LogP contribution in [0.5, 0.6) is 6.01 Å². The zero-order chi connectivity index (χ0) is 25.3. The van der Waals surface area contributed by atoms with Crippen LogP contribution in [0.3, 0.4) is 0 Å². The van der Waals surface area contributed by atoms with Crippen LogP contribution in [0.1, 0.15) is 36.9 Å². The Morgan fingerprint density at radius 1 is 1.28 bits per heavy atom. The summed E-state index contributed by atoms with van der Waals surface area (Å²) in [6, 6.07) is 2.24. The van der Waals surface area contributed by atoms with Crippen LogP contribution >= 0.6 is 0 Å². The molecule has 0 spiro atoms. The van der Waals surface area contributed by atoms with Gasteiger partial charge >= 0.3 is 6.01 Å². The smallest absolute Gasteiger partial charge is 0.318 e. The summed E-state index contributed by atoms with van der Waals surface area (Å²) in [5, 5.41) is 12.7. The summed E-state index contributed by atoms with van der Waals surface area (Å²) in [5.41, 5.74) is 1.85. The highest BCUT2D eigenvalue weighted by Gasteiger charge is 2.48. The number of fused-ring (bicyclic) bond motifs is 1. The highest BCUT2D eigenvalue weighted by molar-refractivity contribution is 5.87. The van der Waals surface area contributed by atoms with Crippen LogP contribution in [0.4, 0.5) is 14.6 Å². The lowest BCUT2D eigenvalue weighted by Gasteiger charge is -2.41. The van der Waals surface area contributed by atoms with E-state index in [4.69, 9.17) is 9.72 Å². The lowest BCUT2D eigenvalue weighted by atomic mass is 10.0. The van der Waals surface area contributed by atoms with E-state index in [0.717, 1.165) is 42.9 Å². The number of aromatic nitrogens is 2. The Morgan fingerprint density at radius 3 is 2.81 bits per heavy atom. The van der Waals surface area contributed by atoms with Gasteiger partial charge in [-0.1, -0.05) is 6.58 Å². The minimum atomic E-state index is -2.59. The molecule has 5 rings (SSSR count). The van der Waals surface area contributed by atoms with E-state index in [0.29, 0.717) is 51.9 Å². The van der Waals surface area contributed by atoms with Gasteiger partial charge in [-0.15, -0.1) is 0 Å². The van der Waals surface area contributed by atoms with Crippen molar-refractivity contribution in [3.05, 3.63) is 23.9 Å². The Bertz CT molecular complexity index is 1060. The number of nitrogens with zero attached hydrogens (tertiary/aromatic N) is 6. The molecule has 0 bridgehead atoms. The summed E-state index contributed by atoms with van der Waals surface area (Å²) in [5.74, 6) is -1.96. The molecule has 36 heavy (non-hydrogen) atoms. The van der Waals surface area contributed by atoms with Crippen molar-refractivity contribution in [1.82, 2.24) is 25.1 Å². The summed E-state index contributed by atoms with van der Waals surface area (Å²) in [6.45, 7) is 7.85. The van der Waals surface area contributed by atoms with Crippen molar-refractivity contribution in [2.75, 3.05) is 57.3 Å². The third-order valence-corrected chi connectivity index (χ3v) is 7.73. The molecule has 0 radical (unpaired) electrons. The maximum absolute atomic E-state index is 13.6. The zero-order valence-electron chi connectivity index (χ0n) is 20.5.